The van der Waals surface area contributed by atoms with Crippen molar-refractivity contribution in [3.63, 3.8) is 0 Å². The minimum atomic E-state index is 0.0422. The second-order valence-electron chi connectivity index (χ2n) is 5.16. The summed E-state index contributed by atoms with van der Waals surface area (Å²) in [7, 11) is 1.71. The van der Waals surface area contributed by atoms with Crippen LogP contribution < -0.4 is 5.32 Å². The molecule has 2 unspecified atom stereocenters. The Morgan fingerprint density at radius 1 is 1.33 bits per heavy atom. The molecule has 1 N–H and O–H groups in total. The van der Waals surface area contributed by atoms with Crippen LogP contribution >= 0.6 is 0 Å². The summed E-state index contributed by atoms with van der Waals surface area (Å²) < 4.78 is 16.4. The van der Waals surface area contributed by atoms with Crippen LogP contribution in [0.3, 0.4) is 0 Å². The number of para-hydroxylation sites is 1. The van der Waals surface area contributed by atoms with Crippen LogP contribution in [0.4, 0.5) is 0 Å². The van der Waals surface area contributed by atoms with E-state index in [-0.39, 0.29) is 12.1 Å². The summed E-state index contributed by atoms with van der Waals surface area (Å²) >= 11 is 0. The average molecular weight is 285 g/mol. The summed E-state index contributed by atoms with van der Waals surface area (Å²) in [6.45, 7) is 0.795. The topological polar surface area (TPSA) is 73.3 Å². The zero-order chi connectivity index (χ0) is 14.2. The lowest BCUT2D eigenvalue weighted by Gasteiger charge is -2.04. The molecule has 6 nitrogen and oxygen atoms in total. The van der Waals surface area contributed by atoms with E-state index in [0.29, 0.717) is 17.5 Å². The van der Waals surface area contributed by atoms with Gasteiger partial charge in [0, 0.05) is 19.0 Å². The van der Waals surface area contributed by atoms with Crippen molar-refractivity contribution in [2.24, 2.45) is 0 Å². The largest absolute Gasteiger partial charge is 0.453 e. The van der Waals surface area contributed by atoms with Crippen LogP contribution in [0.25, 0.3) is 22.6 Å². The molecule has 108 valence electrons. The standard InChI is InChI=1S/C15H15N3O3/c1-19-10-7-11(16-8-10)15-17-14(18-21-15)13-6-9-4-2-3-5-12(9)20-13/h2-6,10-11,16H,7-8H2,1H3. The average Bonchev–Trinajstić information content (AvgIpc) is 3.24. The van der Waals surface area contributed by atoms with Crippen LogP contribution in [0.15, 0.2) is 39.3 Å². The molecule has 1 saturated heterocycles. The van der Waals surface area contributed by atoms with Gasteiger partial charge in [0.1, 0.15) is 5.58 Å². The lowest BCUT2D eigenvalue weighted by Crippen LogP contribution is -2.16. The van der Waals surface area contributed by atoms with Crippen molar-refractivity contribution < 1.29 is 13.7 Å². The number of hydrogen-bond donors (Lipinski definition) is 1. The number of benzene rings is 1. The van der Waals surface area contributed by atoms with Gasteiger partial charge in [-0.3, -0.25) is 0 Å². The number of hydrogen-bond acceptors (Lipinski definition) is 6. The zero-order valence-corrected chi connectivity index (χ0v) is 11.6. The molecular weight excluding hydrogens is 270 g/mol. The molecule has 0 saturated carbocycles. The molecule has 3 aromatic rings. The highest BCUT2D eigenvalue weighted by molar-refractivity contribution is 5.81. The Balaban J connectivity index is 1.62. The molecule has 0 bridgehead atoms. The van der Waals surface area contributed by atoms with Gasteiger partial charge in [0.2, 0.25) is 11.7 Å². The van der Waals surface area contributed by atoms with Crippen molar-refractivity contribution >= 4 is 11.0 Å². The van der Waals surface area contributed by atoms with Crippen LogP contribution in [-0.4, -0.2) is 29.9 Å². The summed E-state index contributed by atoms with van der Waals surface area (Å²) in [5.74, 6) is 1.67. The Labute approximate surface area is 121 Å². The van der Waals surface area contributed by atoms with Crippen LogP contribution in [0.1, 0.15) is 18.4 Å². The molecule has 1 fully saturated rings. The van der Waals surface area contributed by atoms with Gasteiger partial charge >= 0.3 is 0 Å². The van der Waals surface area contributed by atoms with Crippen molar-refractivity contribution in [3.05, 3.63) is 36.2 Å². The van der Waals surface area contributed by atoms with Crippen molar-refractivity contribution in [2.45, 2.75) is 18.6 Å². The number of methoxy groups -OCH3 is 1. The minimum absolute atomic E-state index is 0.0422. The number of fused-ring (bicyclic) bond motifs is 1. The zero-order valence-electron chi connectivity index (χ0n) is 11.6. The number of rotatable bonds is 3. The molecule has 0 amide bonds. The Bertz CT molecular complexity index is 731. The van der Waals surface area contributed by atoms with Crippen LogP contribution in [0.5, 0.6) is 0 Å². The maximum absolute atomic E-state index is 5.74. The second-order valence-corrected chi connectivity index (χ2v) is 5.16. The molecule has 6 heteroatoms. The Morgan fingerprint density at radius 2 is 2.24 bits per heavy atom. The van der Waals surface area contributed by atoms with Crippen molar-refractivity contribution in [2.75, 3.05) is 13.7 Å². The van der Waals surface area contributed by atoms with E-state index < -0.39 is 0 Å². The van der Waals surface area contributed by atoms with E-state index in [2.05, 4.69) is 15.5 Å². The number of furan rings is 1. The molecular formula is C15H15N3O3. The summed E-state index contributed by atoms with van der Waals surface area (Å²) in [5.41, 5.74) is 0.817. The lowest BCUT2D eigenvalue weighted by atomic mass is 10.2. The quantitative estimate of drug-likeness (QED) is 0.797. The lowest BCUT2D eigenvalue weighted by molar-refractivity contribution is 0.116. The first-order valence-corrected chi connectivity index (χ1v) is 6.92. The van der Waals surface area contributed by atoms with E-state index in [4.69, 9.17) is 13.7 Å². The second kappa shape index (κ2) is 4.98. The third kappa shape index (κ3) is 2.22. The highest BCUT2D eigenvalue weighted by Gasteiger charge is 2.29. The third-order valence-electron chi connectivity index (χ3n) is 3.81. The first-order chi connectivity index (χ1) is 10.3. The first kappa shape index (κ1) is 12.6. The molecule has 1 aromatic carbocycles. The van der Waals surface area contributed by atoms with E-state index >= 15 is 0 Å². The fourth-order valence-electron chi connectivity index (χ4n) is 2.64. The van der Waals surface area contributed by atoms with Crippen molar-refractivity contribution in [1.82, 2.24) is 15.5 Å². The SMILES string of the molecule is COC1CNC(c2nc(-c3cc4ccccc4o3)no2)C1. The van der Waals surface area contributed by atoms with E-state index in [1.54, 1.807) is 7.11 Å². The van der Waals surface area contributed by atoms with Crippen LogP contribution in [0, 0.1) is 0 Å². The van der Waals surface area contributed by atoms with E-state index in [0.717, 1.165) is 23.9 Å². The van der Waals surface area contributed by atoms with Gasteiger partial charge in [-0.05, 0) is 18.6 Å². The van der Waals surface area contributed by atoms with Gasteiger partial charge < -0.3 is 19.0 Å². The van der Waals surface area contributed by atoms with Gasteiger partial charge in [-0.1, -0.05) is 23.4 Å². The summed E-state index contributed by atoms with van der Waals surface area (Å²) in [6, 6.07) is 9.78. The number of nitrogens with one attached hydrogen (secondary N) is 1. The Morgan fingerprint density at radius 3 is 3.05 bits per heavy atom. The number of nitrogens with zero attached hydrogens (tertiary/aromatic N) is 2. The van der Waals surface area contributed by atoms with Gasteiger partial charge in [-0.25, -0.2) is 0 Å². The van der Waals surface area contributed by atoms with E-state index in [1.807, 2.05) is 30.3 Å². The van der Waals surface area contributed by atoms with Gasteiger partial charge in [-0.15, -0.1) is 0 Å². The first-order valence-electron chi connectivity index (χ1n) is 6.92. The van der Waals surface area contributed by atoms with E-state index in [1.165, 1.54) is 0 Å². The maximum atomic E-state index is 5.74. The minimum Gasteiger partial charge on any atom is -0.453 e. The van der Waals surface area contributed by atoms with Gasteiger partial charge in [0.15, 0.2) is 5.76 Å². The molecule has 0 aliphatic carbocycles. The highest BCUT2D eigenvalue weighted by Crippen LogP contribution is 2.28. The molecule has 2 atom stereocenters. The molecule has 1 aliphatic heterocycles. The van der Waals surface area contributed by atoms with Crippen LogP contribution in [-0.2, 0) is 4.74 Å². The number of ether oxygens (including phenoxy) is 1. The third-order valence-corrected chi connectivity index (χ3v) is 3.81. The summed E-state index contributed by atoms with van der Waals surface area (Å²) in [5, 5.41) is 8.36. The van der Waals surface area contributed by atoms with Crippen molar-refractivity contribution in [3.8, 4) is 11.6 Å². The molecule has 0 spiro atoms. The van der Waals surface area contributed by atoms with Gasteiger partial charge in [-0.2, -0.15) is 4.98 Å². The number of aromatic nitrogens is 2. The Kier molecular flexibility index (Phi) is 2.98. The molecule has 21 heavy (non-hydrogen) atoms. The molecule has 3 heterocycles. The summed E-state index contributed by atoms with van der Waals surface area (Å²) in [4.78, 5) is 4.44. The Hall–Kier alpha value is -2.18. The predicted molar refractivity (Wildman–Crippen MR) is 75.7 cm³/mol. The molecule has 1 aliphatic rings. The molecule has 4 rings (SSSR count). The summed E-state index contributed by atoms with van der Waals surface area (Å²) in [6.07, 6.45) is 1.02. The maximum Gasteiger partial charge on any atom is 0.244 e. The van der Waals surface area contributed by atoms with Gasteiger partial charge in [0.05, 0.1) is 12.1 Å². The predicted octanol–water partition coefficient (Wildman–Crippen LogP) is 2.53. The fourth-order valence-corrected chi connectivity index (χ4v) is 2.64. The van der Waals surface area contributed by atoms with Crippen molar-refractivity contribution in [1.29, 1.82) is 0 Å². The molecule has 0 radical (unpaired) electrons. The normalized spacial score (nSPS) is 22.1. The van der Waals surface area contributed by atoms with Gasteiger partial charge in [0.25, 0.3) is 0 Å². The fraction of sp³-hybridized carbons (Fsp3) is 0.333. The monoisotopic (exact) mass is 285 g/mol. The van der Waals surface area contributed by atoms with E-state index in [9.17, 15) is 0 Å². The molecule has 2 aromatic heterocycles. The highest BCUT2D eigenvalue weighted by atomic mass is 16.5. The smallest absolute Gasteiger partial charge is 0.244 e. The van der Waals surface area contributed by atoms with Crippen LogP contribution in [0.2, 0.25) is 0 Å².